The monoisotopic (exact) mass is 332 g/mol. The van der Waals surface area contributed by atoms with Gasteiger partial charge in [-0.3, -0.25) is 4.79 Å². The predicted molar refractivity (Wildman–Crippen MR) is 83.1 cm³/mol. The highest BCUT2D eigenvalue weighted by Gasteiger charge is 2.12. The van der Waals surface area contributed by atoms with E-state index in [1.807, 2.05) is 6.07 Å². The molecule has 0 aliphatic heterocycles. The Hall–Kier alpha value is -3.14. The number of hydrogen-bond acceptors (Lipinski definition) is 4. The highest BCUT2D eigenvalue weighted by atomic mass is 19.3. The number of rotatable bonds is 6. The Morgan fingerprint density at radius 2 is 2.00 bits per heavy atom. The maximum atomic E-state index is 12.3. The SMILES string of the molecule is Cc1cc(C#N)ccc1OCC(=O)Nc1ccccc1OC(F)F. The Balaban J connectivity index is 1.98. The summed E-state index contributed by atoms with van der Waals surface area (Å²) in [4.78, 5) is 11.9. The fraction of sp³-hybridized carbons (Fsp3) is 0.176. The molecule has 0 saturated carbocycles. The standard InChI is InChI=1S/C17H14F2N2O3/c1-11-8-12(9-20)6-7-14(11)23-10-16(22)21-13-4-2-3-5-15(13)24-17(18)19/h2-8,17H,10H2,1H3,(H,21,22). The molecule has 0 bridgehead atoms. The van der Waals surface area contributed by atoms with Crippen molar-refractivity contribution in [3.63, 3.8) is 0 Å². The molecule has 124 valence electrons. The molecule has 2 rings (SSSR count). The van der Waals surface area contributed by atoms with Crippen LogP contribution in [0.4, 0.5) is 14.5 Å². The Bertz CT molecular complexity index is 773. The maximum absolute atomic E-state index is 12.3. The van der Waals surface area contributed by atoms with E-state index < -0.39 is 12.5 Å². The van der Waals surface area contributed by atoms with Crippen LogP contribution in [0.15, 0.2) is 42.5 Å². The first kappa shape index (κ1) is 17.2. The third kappa shape index (κ3) is 4.68. The Labute approximate surface area is 137 Å². The Morgan fingerprint density at radius 3 is 2.67 bits per heavy atom. The lowest BCUT2D eigenvalue weighted by atomic mass is 10.1. The quantitative estimate of drug-likeness (QED) is 0.879. The summed E-state index contributed by atoms with van der Waals surface area (Å²) >= 11 is 0. The molecule has 24 heavy (non-hydrogen) atoms. The summed E-state index contributed by atoms with van der Waals surface area (Å²) in [5.74, 6) is -0.194. The van der Waals surface area contributed by atoms with Crippen LogP contribution >= 0.6 is 0 Å². The number of benzene rings is 2. The van der Waals surface area contributed by atoms with Gasteiger partial charge in [0.1, 0.15) is 11.5 Å². The van der Waals surface area contributed by atoms with Crippen molar-refractivity contribution in [1.29, 1.82) is 5.26 Å². The van der Waals surface area contributed by atoms with Gasteiger partial charge in [0.2, 0.25) is 0 Å². The van der Waals surface area contributed by atoms with Crippen molar-refractivity contribution in [2.45, 2.75) is 13.5 Å². The van der Waals surface area contributed by atoms with Gasteiger partial charge < -0.3 is 14.8 Å². The molecule has 2 aromatic carbocycles. The lowest BCUT2D eigenvalue weighted by Crippen LogP contribution is -2.21. The van der Waals surface area contributed by atoms with Crippen LogP contribution in [0, 0.1) is 18.3 Å². The molecule has 0 radical (unpaired) electrons. The number of nitriles is 1. The van der Waals surface area contributed by atoms with E-state index in [9.17, 15) is 13.6 Å². The molecule has 0 spiro atoms. The number of nitrogens with zero attached hydrogens (tertiary/aromatic N) is 1. The van der Waals surface area contributed by atoms with Gasteiger partial charge in [0, 0.05) is 0 Å². The van der Waals surface area contributed by atoms with E-state index in [1.165, 1.54) is 18.2 Å². The van der Waals surface area contributed by atoms with E-state index in [0.29, 0.717) is 16.9 Å². The van der Waals surface area contributed by atoms with Crippen LogP contribution in [-0.4, -0.2) is 19.1 Å². The second-order valence-corrected chi connectivity index (χ2v) is 4.80. The van der Waals surface area contributed by atoms with Crippen LogP contribution in [0.2, 0.25) is 0 Å². The summed E-state index contributed by atoms with van der Waals surface area (Å²) in [5.41, 5.74) is 1.33. The zero-order valence-electron chi connectivity index (χ0n) is 12.8. The van der Waals surface area contributed by atoms with Gasteiger partial charge >= 0.3 is 6.61 Å². The van der Waals surface area contributed by atoms with Crippen molar-refractivity contribution >= 4 is 11.6 Å². The third-order valence-corrected chi connectivity index (χ3v) is 3.04. The van der Waals surface area contributed by atoms with E-state index in [0.717, 1.165) is 0 Å². The number of alkyl halides is 2. The van der Waals surface area contributed by atoms with E-state index in [4.69, 9.17) is 10.00 Å². The number of carbonyl (C=O) groups is 1. The largest absolute Gasteiger partial charge is 0.483 e. The number of anilines is 1. The van der Waals surface area contributed by atoms with Crippen molar-refractivity contribution in [1.82, 2.24) is 0 Å². The first-order valence-corrected chi connectivity index (χ1v) is 6.97. The lowest BCUT2D eigenvalue weighted by Gasteiger charge is -2.13. The van der Waals surface area contributed by atoms with Gasteiger partial charge in [0.15, 0.2) is 6.61 Å². The molecule has 0 aliphatic rings. The molecule has 1 amide bonds. The highest BCUT2D eigenvalue weighted by molar-refractivity contribution is 5.93. The molecule has 5 nitrogen and oxygen atoms in total. The minimum atomic E-state index is -2.99. The molecule has 0 atom stereocenters. The fourth-order valence-corrected chi connectivity index (χ4v) is 1.98. The predicted octanol–water partition coefficient (Wildman–Crippen LogP) is 3.49. The van der Waals surface area contributed by atoms with E-state index in [-0.39, 0.29) is 18.0 Å². The Morgan fingerprint density at radius 1 is 1.25 bits per heavy atom. The number of ether oxygens (including phenoxy) is 2. The summed E-state index contributed by atoms with van der Waals surface area (Å²) < 4.78 is 34.4. The number of nitrogens with one attached hydrogen (secondary N) is 1. The van der Waals surface area contributed by atoms with Crippen LogP contribution in [0.5, 0.6) is 11.5 Å². The number of amides is 1. The number of carbonyl (C=O) groups excluding carboxylic acids is 1. The van der Waals surface area contributed by atoms with Gasteiger partial charge in [-0.2, -0.15) is 14.0 Å². The van der Waals surface area contributed by atoms with Gasteiger partial charge in [0.25, 0.3) is 5.91 Å². The average Bonchev–Trinajstić information content (AvgIpc) is 2.55. The molecule has 0 heterocycles. The van der Waals surface area contributed by atoms with Gasteiger partial charge in [0.05, 0.1) is 17.3 Å². The van der Waals surface area contributed by atoms with Crippen molar-refractivity contribution < 1.29 is 23.0 Å². The normalized spacial score (nSPS) is 10.1. The lowest BCUT2D eigenvalue weighted by molar-refractivity contribution is -0.118. The first-order chi connectivity index (χ1) is 11.5. The Kier molecular flexibility index (Phi) is 5.68. The third-order valence-electron chi connectivity index (χ3n) is 3.04. The second-order valence-electron chi connectivity index (χ2n) is 4.80. The summed E-state index contributed by atoms with van der Waals surface area (Å²) in [6, 6.07) is 12.7. The zero-order chi connectivity index (χ0) is 17.5. The van der Waals surface area contributed by atoms with E-state index in [2.05, 4.69) is 10.1 Å². The highest BCUT2D eigenvalue weighted by Crippen LogP contribution is 2.25. The number of aryl methyl sites for hydroxylation is 1. The molecule has 2 aromatic rings. The van der Waals surface area contributed by atoms with Crippen LogP contribution in [0.25, 0.3) is 0 Å². The van der Waals surface area contributed by atoms with Crippen LogP contribution in [0.1, 0.15) is 11.1 Å². The van der Waals surface area contributed by atoms with Crippen LogP contribution in [-0.2, 0) is 4.79 Å². The summed E-state index contributed by atoms with van der Waals surface area (Å²) in [6.07, 6.45) is 0. The molecular formula is C17H14F2N2O3. The van der Waals surface area contributed by atoms with Gasteiger partial charge in [-0.1, -0.05) is 12.1 Å². The minimum absolute atomic E-state index is 0.128. The number of halogens is 2. The fourth-order valence-electron chi connectivity index (χ4n) is 1.98. The zero-order valence-corrected chi connectivity index (χ0v) is 12.8. The second kappa shape index (κ2) is 7.92. The molecule has 7 heteroatoms. The summed E-state index contributed by atoms with van der Waals surface area (Å²) in [7, 11) is 0. The summed E-state index contributed by atoms with van der Waals surface area (Å²) in [6.45, 7) is -1.55. The molecule has 0 fully saturated rings. The van der Waals surface area contributed by atoms with Crippen LogP contribution < -0.4 is 14.8 Å². The number of hydrogen-bond donors (Lipinski definition) is 1. The maximum Gasteiger partial charge on any atom is 0.387 e. The van der Waals surface area contributed by atoms with E-state index >= 15 is 0 Å². The van der Waals surface area contributed by atoms with Gasteiger partial charge in [-0.25, -0.2) is 0 Å². The van der Waals surface area contributed by atoms with Crippen molar-refractivity contribution in [3.05, 3.63) is 53.6 Å². The molecule has 0 saturated heterocycles. The minimum Gasteiger partial charge on any atom is -0.483 e. The molecule has 0 unspecified atom stereocenters. The topological polar surface area (TPSA) is 71.3 Å². The number of para-hydroxylation sites is 2. The van der Waals surface area contributed by atoms with Crippen molar-refractivity contribution in [3.8, 4) is 17.6 Å². The van der Waals surface area contributed by atoms with Crippen molar-refractivity contribution in [2.24, 2.45) is 0 Å². The average molecular weight is 332 g/mol. The van der Waals surface area contributed by atoms with Crippen molar-refractivity contribution in [2.75, 3.05) is 11.9 Å². The molecule has 1 N–H and O–H groups in total. The van der Waals surface area contributed by atoms with Crippen LogP contribution in [0.3, 0.4) is 0 Å². The smallest absolute Gasteiger partial charge is 0.387 e. The molecular weight excluding hydrogens is 318 g/mol. The van der Waals surface area contributed by atoms with E-state index in [1.54, 1.807) is 31.2 Å². The first-order valence-electron chi connectivity index (χ1n) is 6.97. The molecule has 0 aliphatic carbocycles. The summed E-state index contributed by atoms with van der Waals surface area (Å²) in [5, 5.41) is 11.3. The molecule has 0 aromatic heterocycles. The van der Waals surface area contributed by atoms with Gasteiger partial charge in [-0.15, -0.1) is 0 Å². The van der Waals surface area contributed by atoms with Gasteiger partial charge in [-0.05, 0) is 42.8 Å².